The fourth-order valence-electron chi connectivity index (χ4n) is 4.29. The van der Waals surface area contributed by atoms with E-state index in [4.69, 9.17) is 4.74 Å². The van der Waals surface area contributed by atoms with E-state index in [9.17, 15) is 9.59 Å². The molecule has 4 rings (SSSR count). The summed E-state index contributed by atoms with van der Waals surface area (Å²) in [6, 6.07) is 7.80. The summed E-state index contributed by atoms with van der Waals surface area (Å²) in [6.07, 6.45) is 4.10. The highest BCUT2D eigenvalue weighted by atomic mass is 16.5. The number of carbonyl (C=O) groups is 2. The van der Waals surface area contributed by atoms with E-state index in [-0.39, 0.29) is 11.8 Å². The molecule has 2 amide bonds. The predicted molar refractivity (Wildman–Crippen MR) is 89.5 cm³/mol. The fraction of sp³-hybridized carbons (Fsp3) is 0.579. The van der Waals surface area contributed by atoms with Gasteiger partial charge in [-0.1, -0.05) is 18.2 Å². The van der Waals surface area contributed by atoms with Crippen molar-refractivity contribution in [1.82, 2.24) is 9.80 Å². The van der Waals surface area contributed by atoms with Crippen molar-refractivity contribution in [1.29, 1.82) is 0 Å². The Morgan fingerprint density at radius 2 is 1.83 bits per heavy atom. The Morgan fingerprint density at radius 1 is 1.12 bits per heavy atom. The van der Waals surface area contributed by atoms with E-state index in [2.05, 4.69) is 0 Å². The second kappa shape index (κ2) is 6.20. The van der Waals surface area contributed by atoms with E-state index < -0.39 is 5.54 Å². The Labute approximate surface area is 142 Å². The molecule has 3 heterocycles. The number of amides is 2. The molecule has 0 radical (unpaired) electrons. The average molecular weight is 328 g/mol. The van der Waals surface area contributed by atoms with Gasteiger partial charge in [-0.25, -0.2) is 0 Å². The Hall–Kier alpha value is -1.88. The molecule has 24 heavy (non-hydrogen) atoms. The molecule has 0 unspecified atom stereocenters. The van der Waals surface area contributed by atoms with Gasteiger partial charge in [0.25, 0.3) is 5.91 Å². The number of nitrogens with zero attached hydrogens (tertiary/aromatic N) is 2. The molecule has 3 aliphatic rings. The number of rotatable bonds is 3. The standard InChI is InChI=1S/C19H24N2O3/c22-17(20-9-3-4-10-20)13-19(7-11-24-12-8-19)21-14-15-5-1-2-6-16(15)18(21)23/h1-2,5-6H,3-4,7-14H2. The number of likely N-dealkylation sites (tertiary alicyclic amines) is 1. The van der Waals surface area contributed by atoms with Crippen LogP contribution in [0, 0.1) is 0 Å². The van der Waals surface area contributed by atoms with Crippen molar-refractivity contribution in [3.63, 3.8) is 0 Å². The quantitative estimate of drug-likeness (QED) is 0.855. The maximum Gasteiger partial charge on any atom is 0.254 e. The van der Waals surface area contributed by atoms with Crippen LogP contribution in [0.15, 0.2) is 24.3 Å². The molecular formula is C19H24N2O3. The minimum atomic E-state index is -0.395. The summed E-state index contributed by atoms with van der Waals surface area (Å²) in [5.41, 5.74) is 1.47. The van der Waals surface area contributed by atoms with Crippen LogP contribution in [0.3, 0.4) is 0 Å². The van der Waals surface area contributed by atoms with Gasteiger partial charge in [-0.15, -0.1) is 0 Å². The van der Waals surface area contributed by atoms with Crippen LogP contribution in [-0.2, 0) is 16.1 Å². The molecule has 0 spiro atoms. The highest BCUT2D eigenvalue weighted by Gasteiger charge is 2.46. The van der Waals surface area contributed by atoms with Gasteiger partial charge in [0.2, 0.25) is 5.91 Å². The van der Waals surface area contributed by atoms with Crippen molar-refractivity contribution < 1.29 is 14.3 Å². The fourth-order valence-corrected chi connectivity index (χ4v) is 4.29. The van der Waals surface area contributed by atoms with Crippen molar-refractivity contribution in [3.05, 3.63) is 35.4 Å². The van der Waals surface area contributed by atoms with Gasteiger partial charge in [-0.2, -0.15) is 0 Å². The number of fused-ring (bicyclic) bond motifs is 1. The molecule has 2 fully saturated rings. The van der Waals surface area contributed by atoms with E-state index in [1.165, 1.54) is 0 Å². The lowest BCUT2D eigenvalue weighted by Crippen LogP contribution is -2.54. The van der Waals surface area contributed by atoms with Crippen LogP contribution in [0.4, 0.5) is 0 Å². The van der Waals surface area contributed by atoms with Gasteiger partial charge in [0.1, 0.15) is 0 Å². The van der Waals surface area contributed by atoms with E-state index in [0.29, 0.717) is 26.2 Å². The van der Waals surface area contributed by atoms with Crippen LogP contribution >= 0.6 is 0 Å². The molecule has 0 N–H and O–H groups in total. The Morgan fingerprint density at radius 3 is 2.54 bits per heavy atom. The van der Waals surface area contributed by atoms with E-state index in [1.54, 1.807) is 0 Å². The lowest BCUT2D eigenvalue weighted by molar-refractivity contribution is -0.135. The third kappa shape index (κ3) is 2.61. The van der Waals surface area contributed by atoms with Crippen LogP contribution in [-0.4, -0.2) is 53.5 Å². The van der Waals surface area contributed by atoms with Gasteiger partial charge in [0, 0.05) is 38.4 Å². The first kappa shape index (κ1) is 15.6. The Bertz CT molecular complexity index is 646. The molecule has 3 aliphatic heterocycles. The third-order valence-corrected chi connectivity index (χ3v) is 5.76. The molecule has 0 bridgehead atoms. The maximum atomic E-state index is 13.0. The highest BCUT2D eigenvalue weighted by molar-refractivity contribution is 5.99. The summed E-state index contributed by atoms with van der Waals surface area (Å²) < 4.78 is 5.54. The number of carbonyl (C=O) groups excluding carboxylic acids is 2. The molecule has 0 aliphatic carbocycles. The monoisotopic (exact) mass is 328 g/mol. The van der Waals surface area contributed by atoms with Crippen LogP contribution in [0.5, 0.6) is 0 Å². The zero-order valence-corrected chi connectivity index (χ0v) is 14.0. The molecular weight excluding hydrogens is 304 g/mol. The van der Waals surface area contributed by atoms with E-state index >= 15 is 0 Å². The molecule has 0 saturated carbocycles. The van der Waals surface area contributed by atoms with Gasteiger partial charge in [-0.3, -0.25) is 9.59 Å². The Kier molecular flexibility index (Phi) is 4.04. The largest absolute Gasteiger partial charge is 0.381 e. The summed E-state index contributed by atoms with van der Waals surface area (Å²) in [5.74, 6) is 0.264. The van der Waals surface area contributed by atoms with Gasteiger partial charge < -0.3 is 14.5 Å². The van der Waals surface area contributed by atoms with Crippen molar-refractivity contribution >= 4 is 11.8 Å². The zero-order valence-electron chi connectivity index (χ0n) is 14.0. The summed E-state index contributed by atoms with van der Waals surface area (Å²) in [4.78, 5) is 29.7. The van der Waals surface area contributed by atoms with Crippen LogP contribution in [0.2, 0.25) is 0 Å². The van der Waals surface area contributed by atoms with Crippen molar-refractivity contribution in [2.24, 2.45) is 0 Å². The Balaban J connectivity index is 1.60. The van der Waals surface area contributed by atoms with E-state index in [0.717, 1.165) is 49.9 Å². The first-order valence-electron chi connectivity index (χ1n) is 8.95. The average Bonchev–Trinajstić information content (AvgIpc) is 3.25. The van der Waals surface area contributed by atoms with Crippen LogP contribution in [0.25, 0.3) is 0 Å². The van der Waals surface area contributed by atoms with Crippen molar-refractivity contribution in [3.8, 4) is 0 Å². The number of benzene rings is 1. The van der Waals surface area contributed by atoms with Crippen molar-refractivity contribution in [2.75, 3.05) is 26.3 Å². The summed E-state index contributed by atoms with van der Waals surface area (Å²) in [7, 11) is 0. The lowest BCUT2D eigenvalue weighted by Gasteiger charge is -2.44. The summed E-state index contributed by atoms with van der Waals surface area (Å²) >= 11 is 0. The second-order valence-corrected chi connectivity index (χ2v) is 7.15. The lowest BCUT2D eigenvalue weighted by atomic mass is 9.84. The van der Waals surface area contributed by atoms with E-state index in [1.807, 2.05) is 34.1 Å². The predicted octanol–water partition coefficient (Wildman–Crippen LogP) is 2.20. The molecule has 1 aromatic rings. The summed E-state index contributed by atoms with van der Waals surface area (Å²) in [5, 5.41) is 0. The van der Waals surface area contributed by atoms with Crippen LogP contribution in [0.1, 0.15) is 48.0 Å². The van der Waals surface area contributed by atoms with Gasteiger partial charge >= 0.3 is 0 Å². The first-order valence-corrected chi connectivity index (χ1v) is 8.95. The molecule has 2 saturated heterocycles. The van der Waals surface area contributed by atoms with Crippen LogP contribution < -0.4 is 0 Å². The molecule has 0 atom stereocenters. The first-order chi connectivity index (χ1) is 11.7. The number of ether oxygens (including phenoxy) is 1. The molecule has 0 aromatic heterocycles. The molecule has 5 heteroatoms. The third-order valence-electron chi connectivity index (χ3n) is 5.76. The maximum absolute atomic E-state index is 13.0. The number of hydrogen-bond donors (Lipinski definition) is 0. The smallest absolute Gasteiger partial charge is 0.254 e. The molecule has 5 nitrogen and oxygen atoms in total. The second-order valence-electron chi connectivity index (χ2n) is 7.15. The highest BCUT2D eigenvalue weighted by Crippen LogP contribution is 2.38. The molecule has 1 aromatic carbocycles. The SMILES string of the molecule is O=C(CC1(N2Cc3ccccc3C2=O)CCOCC1)N1CCCC1. The molecule has 128 valence electrons. The zero-order chi connectivity index (χ0) is 16.6. The van der Waals surface area contributed by atoms with Gasteiger partial charge in [-0.05, 0) is 37.3 Å². The summed E-state index contributed by atoms with van der Waals surface area (Å²) in [6.45, 7) is 3.57. The normalized spacial score (nSPS) is 22.8. The topological polar surface area (TPSA) is 49.9 Å². The van der Waals surface area contributed by atoms with Crippen molar-refractivity contribution in [2.45, 2.75) is 44.2 Å². The van der Waals surface area contributed by atoms with Gasteiger partial charge in [0.05, 0.1) is 12.0 Å². The minimum Gasteiger partial charge on any atom is -0.381 e. The minimum absolute atomic E-state index is 0.0710. The number of hydrogen-bond acceptors (Lipinski definition) is 3. The van der Waals surface area contributed by atoms with Gasteiger partial charge in [0.15, 0.2) is 0 Å².